The minimum atomic E-state index is -3.67. The fraction of sp³-hybridized carbons (Fsp3) is 0.318. The van der Waals surface area contributed by atoms with Crippen molar-refractivity contribution in [1.29, 1.82) is 0 Å². The Bertz CT molecular complexity index is 1020. The molecule has 0 aliphatic rings. The van der Waals surface area contributed by atoms with E-state index in [1.165, 1.54) is 4.31 Å². The van der Waals surface area contributed by atoms with Crippen LogP contribution in [-0.2, 0) is 28.5 Å². The molecule has 0 radical (unpaired) electrons. The van der Waals surface area contributed by atoms with E-state index in [-0.39, 0.29) is 4.90 Å². The van der Waals surface area contributed by atoms with Gasteiger partial charge in [0.15, 0.2) is 0 Å². The van der Waals surface area contributed by atoms with Crippen LogP contribution in [0.15, 0.2) is 71.8 Å². The van der Waals surface area contributed by atoms with E-state index in [1.54, 1.807) is 17.9 Å². The molecule has 0 spiro atoms. The number of aromatic nitrogens is 2. The van der Waals surface area contributed by atoms with Gasteiger partial charge in [0.1, 0.15) is 4.90 Å². The molecule has 0 bridgehead atoms. The van der Waals surface area contributed by atoms with E-state index < -0.39 is 15.4 Å². The lowest BCUT2D eigenvalue weighted by atomic mass is 9.92. The molecule has 1 heterocycles. The number of sulfonamides is 1. The lowest BCUT2D eigenvalue weighted by Gasteiger charge is -2.21. The Labute approximate surface area is 167 Å². The molecule has 3 rings (SSSR count). The van der Waals surface area contributed by atoms with Gasteiger partial charge in [-0.1, -0.05) is 81.4 Å². The van der Waals surface area contributed by atoms with Crippen molar-refractivity contribution < 1.29 is 8.42 Å². The Morgan fingerprint density at radius 3 is 2.00 bits per heavy atom. The van der Waals surface area contributed by atoms with Crippen LogP contribution in [0, 0.1) is 0 Å². The molecule has 0 saturated heterocycles. The van der Waals surface area contributed by atoms with Gasteiger partial charge in [0.05, 0.1) is 12.2 Å². The van der Waals surface area contributed by atoms with Crippen molar-refractivity contribution in [2.45, 2.75) is 44.2 Å². The van der Waals surface area contributed by atoms with Crippen molar-refractivity contribution in [1.82, 2.24) is 14.1 Å². The maximum Gasteiger partial charge on any atom is 0.246 e. The summed E-state index contributed by atoms with van der Waals surface area (Å²) in [5.41, 5.74) is 2.22. The molecule has 0 fully saturated rings. The Kier molecular flexibility index (Phi) is 5.72. The van der Waals surface area contributed by atoms with Crippen LogP contribution in [0.25, 0.3) is 0 Å². The second kappa shape index (κ2) is 7.89. The SMILES string of the molecule is CN(Cc1ccccc1)S(=O)(=O)c1cn(Cc2ccccc2)nc1C(C)(C)C. The van der Waals surface area contributed by atoms with Gasteiger partial charge in [-0.05, 0) is 11.1 Å². The minimum Gasteiger partial charge on any atom is -0.267 e. The van der Waals surface area contributed by atoms with E-state index in [1.807, 2.05) is 81.4 Å². The first-order chi connectivity index (χ1) is 13.2. The summed E-state index contributed by atoms with van der Waals surface area (Å²) in [6.45, 7) is 6.80. The third-order valence-corrected chi connectivity index (χ3v) is 6.37. The standard InChI is InChI=1S/C22H27N3O2S/c1-22(2,3)21-20(17-25(23-21)16-19-13-9-6-10-14-19)28(26,27)24(4)15-18-11-7-5-8-12-18/h5-14,17H,15-16H2,1-4H3. The maximum absolute atomic E-state index is 13.3. The van der Waals surface area contributed by atoms with Crippen molar-refractivity contribution in [3.63, 3.8) is 0 Å². The van der Waals surface area contributed by atoms with Gasteiger partial charge in [-0.25, -0.2) is 8.42 Å². The van der Waals surface area contributed by atoms with Crippen LogP contribution in [0.4, 0.5) is 0 Å². The molecule has 6 heteroatoms. The predicted molar refractivity (Wildman–Crippen MR) is 112 cm³/mol. The Morgan fingerprint density at radius 1 is 0.929 bits per heavy atom. The highest BCUT2D eigenvalue weighted by Crippen LogP contribution is 2.30. The van der Waals surface area contributed by atoms with Gasteiger partial charge in [0.2, 0.25) is 10.0 Å². The van der Waals surface area contributed by atoms with E-state index >= 15 is 0 Å². The molecular formula is C22H27N3O2S. The first-order valence-electron chi connectivity index (χ1n) is 9.30. The first kappa shape index (κ1) is 20.3. The second-order valence-corrected chi connectivity index (χ2v) is 10.0. The van der Waals surface area contributed by atoms with Crippen molar-refractivity contribution in [2.75, 3.05) is 7.05 Å². The minimum absolute atomic E-state index is 0.273. The highest BCUT2D eigenvalue weighted by atomic mass is 32.2. The van der Waals surface area contributed by atoms with Crippen molar-refractivity contribution in [3.8, 4) is 0 Å². The zero-order chi connectivity index (χ0) is 20.4. The zero-order valence-corrected chi connectivity index (χ0v) is 17.6. The molecule has 0 aliphatic carbocycles. The van der Waals surface area contributed by atoms with Gasteiger partial charge >= 0.3 is 0 Å². The van der Waals surface area contributed by atoms with Crippen LogP contribution < -0.4 is 0 Å². The van der Waals surface area contributed by atoms with Crippen LogP contribution in [0.5, 0.6) is 0 Å². The molecule has 28 heavy (non-hydrogen) atoms. The van der Waals surface area contributed by atoms with Gasteiger partial charge < -0.3 is 0 Å². The van der Waals surface area contributed by atoms with E-state index in [0.29, 0.717) is 18.8 Å². The summed E-state index contributed by atoms with van der Waals surface area (Å²) >= 11 is 0. The lowest BCUT2D eigenvalue weighted by Crippen LogP contribution is -2.28. The van der Waals surface area contributed by atoms with Crippen molar-refractivity contribution >= 4 is 10.0 Å². The molecule has 0 aliphatic heterocycles. The molecular weight excluding hydrogens is 370 g/mol. The molecule has 5 nitrogen and oxygen atoms in total. The summed E-state index contributed by atoms with van der Waals surface area (Å²) in [5, 5.41) is 4.64. The van der Waals surface area contributed by atoms with Gasteiger partial charge in [-0.3, -0.25) is 4.68 Å². The quantitative estimate of drug-likeness (QED) is 0.630. The largest absolute Gasteiger partial charge is 0.267 e. The van der Waals surface area contributed by atoms with Crippen LogP contribution >= 0.6 is 0 Å². The van der Waals surface area contributed by atoms with Gasteiger partial charge in [0.25, 0.3) is 0 Å². The van der Waals surface area contributed by atoms with Crippen LogP contribution in [-0.4, -0.2) is 29.6 Å². The summed E-state index contributed by atoms with van der Waals surface area (Å²) < 4.78 is 29.8. The number of nitrogens with zero attached hydrogens (tertiary/aromatic N) is 3. The number of hydrogen-bond donors (Lipinski definition) is 0. The normalized spacial score (nSPS) is 12.5. The maximum atomic E-state index is 13.3. The van der Waals surface area contributed by atoms with Crippen LogP contribution in [0.1, 0.15) is 37.6 Å². The van der Waals surface area contributed by atoms with E-state index in [2.05, 4.69) is 5.10 Å². The van der Waals surface area contributed by atoms with Crippen LogP contribution in [0.2, 0.25) is 0 Å². The Balaban J connectivity index is 1.96. The van der Waals surface area contributed by atoms with Gasteiger partial charge in [0, 0.05) is 25.2 Å². The summed E-state index contributed by atoms with van der Waals surface area (Å²) in [5.74, 6) is 0. The second-order valence-electron chi connectivity index (χ2n) is 8.02. The molecule has 3 aromatic rings. The highest BCUT2D eigenvalue weighted by Gasteiger charge is 2.32. The Morgan fingerprint density at radius 2 is 1.46 bits per heavy atom. The molecule has 0 atom stereocenters. The van der Waals surface area contributed by atoms with Gasteiger partial charge in [-0.2, -0.15) is 9.40 Å². The summed E-state index contributed by atoms with van der Waals surface area (Å²) in [7, 11) is -2.06. The van der Waals surface area contributed by atoms with Crippen molar-refractivity contribution in [3.05, 3.63) is 83.7 Å². The fourth-order valence-electron chi connectivity index (χ4n) is 3.06. The number of rotatable bonds is 6. The highest BCUT2D eigenvalue weighted by molar-refractivity contribution is 7.89. The topological polar surface area (TPSA) is 55.2 Å². The zero-order valence-electron chi connectivity index (χ0n) is 16.8. The van der Waals surface area contributed by atoms with Crippen molar-refractivity contribution in [2.24, 2.45) is 0 Å². The van der Waals surface area contributed by atoms with Gasteiger partial charge in [-0.15, -0.1) is 0 Å². The van der Waals surface area contributed by atoms with E-state index in [9.17, 15) is 8.42 Å². The monoisotopic (exact) mass is 397 g/mol. The lowest BCUT2D eigenvalue weighted by molar-refractivity contribution is 0.461. The summed E-state index contributed by atoms with van der Waals surface area (Å²) in [6.07, 6.45) is 1.66. The first-order valence-corrected chi connectivity index (χ1v) is 10.7. The average molecular weight is 398 g/mol. The molecule has 1 aromatic heterocycles. The molecule has 0 unspecified atom stereocenters. The van der Waals surface area contributed by atoms with E-state index in [4.69, 9.17) is 0 Å². The van der Waals surface area contributed by atoms with Crippen LogP contribution in [0.3, 0.4) is 0 Å². The summed E-state index contributed by atoms with van der Waals surface area (Å²) in [6, 6.07) is 19.5. The predicted octanol–water partition coefficient (Wildman–Crippen LogP) is 4.05. The molecule has 0 amide bonds. The number of benzene rings is 2. The fourth-order valence-corrected chi connectivity index (χ4v) is 4.56. The third kappa shape index (κ3) is 4.51. The smallest absolute Gasteiger partial charge is 0.246 e. The average Bonchev–Trinajstić information content (AvgIpc) is 3.08. The van der Waals surface area contributed by atoms with E-state index in [0.717, 1.165) is 11.1 Å². The molecule has 2 aromatic carbocycles. The molecule has 0 N–H and O–H groups in total. The Hall–Kier alpha value is -2.44. The number of hydrogen-bond acceptors (Lipinski definition) is 3. The third-order valence-electron chi connectivity index (χ3n) is 4.56. The molecule has 148 valence electrons. The molecule has 0 saturated carbocycles. The summed E-state index contributed by atoms with van der Waals surface area (Å²) in [4.78, 5) is 0.273.